The van der Waals surface area contributed by atoms with Crippen molar-refractivity contribution >= 4 is 5.78 Å². The number of carbonyl (C=O) groups excluding carboxylic acids is 1. The second kappa shape index (κ2) is 4.44. The van der Waals surface area contributed by atoms with Crippen LogP contribution in [0.15, 0.2) is 35.5 Å². The molecule has 0 amide bonds. The van der Waals surface area contributed by atoms with Crippen molar-refractivity contribution in [1.29, 1.82) is 5.26 Å². The molecule has 21 heavy (non-hydrogen) atoms. The van der Waals surface area contributed by atoms with Gasteiger partial charge in [0.15, 0.2) is 5.78 Å². The van der Waals surface area contributed by atoms with E-state index in [1.54, 1.807) is 0 Å². The Hall–Kier alpha value is -1.62. The maximum Gasteiger partial charge on any atom is 0.176 e. The molecular formula is C19H23NO. The first-order chi connectivity index (χ1) is 9.82. The average molecular weight is 281 g/mol. The molecule has 4 atom stereocenters. The molecule has 0 spiro atoms. The van der Waals surface area contributed by atoms with Crippen LogP contribution >= 0.6 is 0 Å². The van der Waals surface area contributed by atoms with Crippen molar-refractivity contribution in [2.75, 3.05) is 0 Å². The Kier molecular flexibility index (Phi) is 3.03. The van der Waals surface area contributed by atoms with Crippen LogP contribution in [0.25, 0.3) is 0 Å². The molecule has 0 saturated heterocycles. The highest BCUT2D eigenvalue weighted by Crippen LogP contribution is 2.61. The SMILES string of the molecule is C=C1C=C2C(C)(CC1)CCC1[C@@H](C)C(=O)C(C#N)=C[C@]21C. The number of Topliss-reactive ketones (excluding diaryl/α,β-unsaturated/α-hetero) is 1. The van der Waals surface area contributed by atoms with Crippen molar-refractivity contribution in [2.45, 2.75) is 46.5 Å². The summed E-state index contributed by atoms with van der Waals surface area (Å²) in [4.78, 5) is 12.3. The molecule has 0 aromatic carbocycles. The number of nitrogens with zero attached hydrogens (tertiary/aromatic N) is 1. The molecule has 2 unspecified atom stereocenters. The zero-order valence-corrected chi connectivity index (χ0v) is 13.2. The van der Waals surface area contributed by atoms with Crippen LogP contribution in [0.5, 0.6) is 0 Å². The van der Waals surface area contributed by atoms with Crippen molar-refractivity contribution in [2.24, 2.45) is 22.7 Å². The number of ketones is 1. The van der Waals surface area contributed by atoms with E-state index in [0.29, 0.717) is 11.5 Å². The Morgan fingerprint density at radius 1 is 1.38 bits per heavy atom. The van der Waals surface area contributed by atoms with Gasteiger partial charge in [-0.2, -0.15) is 5.26 Å². The minimum Gasteiger partial charge on any atom is -0.293 e. The fourth-order valence-electron chi connectivity index (χ4n) is 4.90. The van der Waals surface area contributed by atoms with Crippen LogP contribution in [0, 0.1) is 34.0 Å². The van der Waals surface area contributed by atoms with E-state index < -0.39 is 0 Å². The Labute approximate surface area is 127 Å². The number of carbonyl (C=O) groups is 1. The lowest BCUT2D eigenvalue weighted by atomic mass is 9.48. The van der Waals surface area contributed by atoms with Gasteiger partial charge in [-0.25, -0.2) is 0 Å². The summed E-state index contributed by atoms with van der Waals surface area (Å²) in [5.74, 6) is 0.279. The van der Waals surface area contributed by atoms with Crippen LogP contribution in [0.3, 0.4) is 0 Å². The van der Waals surface area contributed by atoms with Gasteiger partial charge < -0.3 is 0 Å². The summed E-state index contributed by atoms with van der Waals surface area (Å²) in [5, 5.41) is 9.32. The largest absolute Gasteiger partial charge is 0.293 e. The molecule has 3 aliphatic carbocycles. The lowest BCUT2D eigenvalue weighted by Crippen LogP contribution is -2.48. The molecule has 0 aromatic heterocycles. The van der Waals surface area contributed by atoms with E-state index in [0.717, 1.165) is 25.7 Å². The molecule has 0 aromatic rings. The lowest BCUT2D eigenvalue weighted by Gasteiger charge is -2.55. The summed E-state index contributed by atoms with van der Waals surface area (Å²) in [6.07, 6.45) is 8.62. The van der Waals surface area contributed by atoms with Crippen molar-refractivity contribution < 1.29 is 4.79 Å². The third kappa shape index (κ3) is 1.87. The Morgan fingerprint density at radius 3 is 2.76 bits per heavy atom. The molecule has 110 valence electrons. The lowest BCUT2D eigenvalue weighted by molar-refractivity contribution is -0.122. The van der Waals surface area contributed by atoms with Gasteiger partial charge >= 0.3 is 0 Å². The second-order valence-electron chi connectivity index (χ2n) is 7.53. The van der Waals surface area contributed by atoms with Gasteiger partial charge in [0.2, 0.25) is 0 Å². The van der Waals surface area contributed by atoms with E-state index in [2.05, 4.69) is 32.6 Å². The fourth-order valence-corrected chi connectivity index (χ4v) is 4.90. The van der Waals surface area contributed by atoms with Crippen LogP contribution in [0.4, 0.5) is 0 Å². The third-order valence-electron chi connectivity index (χ3n) is 6.20. The normalized spacial score (nSPS) is 42.4. The number of hydrogen-bond acceptors (Lipinski definition) is 2. The minimum absolute atomic E-state index is 0.0267. The van der Waals surface area contributed by atoms with E-state index in [9.17, 15) is 10.1 Å². The molecule has 3 aliphatic rings. The number of rotatable bonds is 0. The predicted molar refractivity (Wildman–Crippen MR) is 83.3 cm³/mol. The van der Waals surface area contributed by atoms with E-state index in [1.165, 1.54) is 11.1 Å². The van der Waals surface area contributed by atoms with Crippen LogP contribution in [0.1, 0.15) is 46.5 Å². The number of hydrogen-bond donors (Lipinski definition) is 0. The minimum atomic E-state index is -0.172. The standard InChI is InChI=1S/C19H23NO/c1-12-5-7-18(3)8-6-15-13(2)17(21)14(11-20)10-19(15,4)16(18)9-12/h9-10,13,15H,1,5-8H2,2-4H3/t13-,15?,18?,19+/m1/s1. The molecule has 0 radical (unpaired) electrons. The summed E-state index contributed by atoms with van der Waals surface area (Å²) in [5.41, 5.74) is 2.95. The number of fused-ring (bicyclic) bond motifs is 3. The number of nitriles is 1. The van der Waals surface area contributed by atoms with Gasteiger partial charge in [-0.05, 0) is 37.0 Å². The van der Waals surface area contributed by atoms with Crippen LogP contribution in [0.2, 0.25) is 0 Å². The molecule has 1 fully saturated rings. The van der Waals surface area contributed by atoms with Crippen LogP contribution in [-0.2, 0) is 4.79 Å². The van der Waals surface area contributed by atoms with Gasteiger partial charge in [-0.3, -0.25) is 4.79 Å². The topological polar surface area (TPSA) is 40.9 Å². The molecule has 1 saturated carbocycles. The summed E-state index contributed by atoms with van der Waals surface area (Å²) in [6, 6.07) is 2.12. The molecule has 0 bridgehead atoms. The first-order valence-corrected chi connectivity index (χ1v) is 7.89. The highest BCUT2D eigenvalue weighted by molar-refractivity contribution is 6.02. The van der Waals surface area contributed by atoms with Crippen molar-refractivity contribution in [3.8, 4) is 6.07 Å². The monoisotopic (exact) mass is 281 g/mol. The van der Waals surface area contributed by atoms with Gasteiger partial charge in [0, 0.05) is 11.3 Å². The fraction of sp³-hybridized carbons (Fsp3) is 0.579. The van der Waals surface area contributed by atoms with Crippen molar-refractivity contribution in [3.05, 3.63) is 35.5 Å². The van der Waals surface area contributed by atoms with E-state index in [1.807, 2.05) is 13.0 Å². The summed E-state index contributed by atoms with van der Waals surface area (Å²) in [6.45, 7) is 10.7. The zero-order valence-electron chi connectivity index (χ0n) is 13.2. The average Bonchev–Trinajstić information content (AvgIpc) is 2.45. The first kappa shape index (κ1) is 14.3. The summed E-state index contributed by atoms with van der Waals surface area (Å²) < 4.78 is 0. The molecule has 0 aliphatic heterocycles. The maximum absolute atomic E-state index is 12.3. The Bertz CT molecular complexity index is 632. The zero-order chi connectivity index (χ0) is 15.4. The molecule has 3 rings (SSSR count). The molecular weight excluding hydrogens is 258 g/mol. The molecule has 0 heterocycles. The smallest absolute Gasteiger partial charge is 0.176 e. The highest BCUT2D eigenvalue weighted by atomic mass is 16.1. The summed E-state index contributed by atoms with van der Waals surface area (Å²) >= 11 is 0. The van der Waals surface area contributed by atoms with Crippen molar-refractivity contribution in [1.82, 2.24) is 0 Å². The van der Waals surface area contributed by atoms with E-state index >= 15 is 0 Å². The van der Waals surface area contributed by atoms with Gasteiger partial charge in [-0.1, -0.05) is 50.6 Å². The van der Waals surface area contributed by atoms with Gasteiger partial charge in [0.25, 0.3) is 0 Å². The van der Waals surface area contributed by atoms with Gasteiger partial charge in [-0.15, -0.1) is 0 Å². The third-order valence-corrected chi connectivity index (χ3v) is 6.20. The van der Waals surface area contributed by atoms with Crippen LogP contribution in [-0.4, -0.2) is 5.78 Å². The Morgan fingerprint density at radius 2 is 2.10 bits per heavy atom. The van der Waals surface area contributed by atoms with E-state index in [-0.39, 0.29) is 22.5 Å². The van der Waals surface area contributed by atoms with Crippen molar-refractivity contribution in [3.63, 3.8) is 0 Å². The van der Waals surface area contributed by atoms with E-state index in [4.69, 9.17) is 0 Å². The Balaban J connectivity index is 2.20. The van der Waals surface area contributed by atoms with Crippen LogP contribution < -0.4 is 0 Å². The first-order valence-electron chi connectivity index (χ1n) is 7.89. The van der Waals surface area contributed by atoms with Gasteiger partial charge in [0.1, 0.15) is 6.07 Å². The predicted octanol–water partition coefficient (Wildman–Crippen LogP) is 4.35. The molecule has 2 nitrogen and oxygen atoms in total. The molecule has 2 heteroatoms. The summed E-state index contributed by atoms with van der Waals surface area (Å²) in [7, 11) is 0. The molecule has 0 N–H and O–H groups in total. The number of allylic oxidation sites excluding steroid dienone is 5. The highest BCUT2D eigenvalue weighted by Gasteiger charge is 2.54. The second-order valence-corrected chi connectivity index (χ2v) is 7.53. The van der Waals surface area contributed by atoms with Gasteiger partial charge in [0.05, 0.1) is 5.57 Å². The quantitative estimate of drug-likeness (QED) is 0.662. The maximum atomic E-state index is 12.3.